The van der Waals surface area contributed by atoms with Gasteiger partial charge in [-0.15, -0.1) is 11.3 Å². The molecule has 1 fully saturated rings. The summed E-state index contributed by atoms with van der Waals surface area (Å²) in [5, 5.41) is 14.5. The van der Waals surface area contributed by atoms with Crippen LogP contribution in [0.1, 0.15) is 25.8 Å². The van der Waals surface area contributed by atoms with E-state index in [0.717, 1.165) is 24.4 Å². The molecule has 0 radical (unpaired) electrons. The van der Waals surface area contributed by atoms with Crippen LogP contribution in [0, 0.1) is 5.92 Å². The molecule has 3 atom stereocenters. The number of nitrogens with one attached hydrogen (secondary N) is 1. The van der Waals surface area contributed by atoms with Gasteiger partial charge in [-0.05, 0) is 36.6 Å². The van der Waals surface area contributed by atoms with Crippen LogP contribution in [-0.4, -0.2) is 111 Å². The number of fused-ring (bicyclic) bond motifs is 1. The number of hydrogen-bond donors (Lipinski definition) is 2. The third-order valence-corrected chi connectivity index (χ3v) is 10.8. The van der Waals surface area contributed by atoms with Crippen molar-refractivity contribution in [1.82, 2.24) is 14.1 Å². The van der Waals surface area contributed by atoms with Gasteiger partial charge in [0.1, 0.15) is 16.1 Å². The van der Waals surface area contributed by atoms with Gasteiger partial charge < -0.3 is 24.8 Å². The van der Waals surface area contributed by atoms with Gasteiger partial charge in [0.15, 0.2) is 0 Å². The molecule has 226 valence electrons. The van der Waals surface area contributed by atoms with E-state index in [1.807, 2.05) is 6.92 Å². The average molecular weight is 609 g/mol. The molecule has 2 aromatic rings. The van der Waals surface area contributed by atoms with Crippen LogP contribution in [-0.2, 0) is 30.8 Å². The minimum absolute atomic E-state index is 0.0138. The molecular formula is C28H40N4O7S2. The van der Waals surface area contributed by atoms with E-state index in [0.29, 0.717) is 43.2 Å². The normalized spacial score (nSPS) is 21.4. The molecule has 0 spiro atoms. The maximum absolute atomic E-state index is 13.4. The fourth-order valence-electron chi connectivity index (χ4n) is 4.95. The second-order valence-corrected chi connectivity index (χ2v) is 13.9. The van der Waals surface area contributed by atoms with E-state index < -0.39 is 22.2 Å². The van der Waals surface area contributed by atoms with Gasteiger partial charge in [-0.1, -0.05) is 13.0 Å². The second kappa shape index (κ2) is 14.1. The molecule has 3 heterocycles. The number of hydrogen-bond acceptors (Lipinski definition) is 9. The van der Waals surface area contributed by atoms with Crippen molar-refractivity contribution in [3.8, 4) is 5.75 Å². The maximum Gasteiger partial charge on any atom is 0.252 e. The Bertz CT molecular complexity index is 1280. The molecule has 2 amide bonds. The number of likely N-dealkylation sites (N-methyl/N-ethyl adjacent to an activating group) is 1. The van der Waals surface area contributed by atoms with E-state index in [1.165, 1.54) is 11.4 Å². The van der Waals surface area contributed by atoms with E-state index in [9.17, 15) is 23.1 Å². The average Bonchev–Trinajstić information content (AvgIpc) is 3.52. The first-order valence-corrected chi connectivity index (χ1v) is 16.2. The fraction of sp³-hybridized carbons (Fsp3) is 0.571. The lowest BCUT2D eigenvalue weighted by Gasteiger charge is -2.33. The molecule has 41 heavy (non-hydrogen) atoms. The first kappa shape index (κ1) is 31.4. The predicted molar refractivity (Wildman–Crippen MR) is 157 cm³/mol. The first-order chi connectivity index (χ1) is 19.6. The Balaban J connectivity index is 1.55. The highest BCUT2D eigenvalue weighted by molar-refractivity contribution is 7.91. The van der Waals surface area contributed by atoms with Crippen molar-refractivity contribution in [3.05, 3.63) is 41.3 Å². The zero-order valence-corrected chi connectivity index (χ0v) is 25.5. The maximum atomic E-state index is 13.4. The predicted octanol–water partition coefficient (Wildman–Crippen LogP) is 1.88. The van der Waals surface area contributed by atoms with Crippen LogP contribution < -0.4 is 10.1 Å². The van der Waals surface area contributed by atoms with Crippen molar-refractivity contribution in [2.75, 3.05) is 64.9 Å². The summed E-state index contributed by atoms with van der Waals surface area (Å²) < 4.78 is 39.6. The van der Waals surface area contributed by atoms with Crippen molar-refractivity contribution in [1.29, 1.82) is 0 Å². The molecule has 0 bridgehead atoms. The summed E-state index contributed by atoms with van der Waals surface area (Å²) in [5.74, 6) is -0.102. The molecule has 0 aliphatic carbocycles. The minimum Gasteiger partial charge on any atom is -0.488 e. The highest BCUT2D eigenvalue weighted by Crippen LogP contribution is 2.30. The molecule has 2 N–H and O–H groups in total. The van der Waals surface area contributed by atoms with Crippen LogP contribution in [0.15, 0.2) is 39.9 Å². The summed E-state index contributed by atoms with van der Waals surface area (Å²) in [6.07, 6.45) is -0.236. The van der Waals surface area contributed by atoms with Crippen LogP contribution in [0.4, 0.5) is 5.69 Å². The number of amides is 2. The third-order valence-electron chi connectivity index (χ3n) is 7.56. The van der Waals surface area contributed by atoms with Gasteiger partial charge >= 0.3 is 0 Å². The summed E-state index contributed by atoms with van der Waals surface area (Å²) in [5.41, 5.74) is 1.13. The SMILES string of the molecule is C[C@H](CO)N1C[C@H](C)[C@@H](CN(C)S(=O)(=O)c2cccs2)Oc2ccc(NC(=O)CCN3CCOCC3)cc2CC1=O. The molecule has 13 heteroatoms. The second-order valence-electron chi connectivity index (χ2n) is 10.7. The number of benzene rings is 1. The van der Waals surface area contributed by atoms with Gasteiger partial charge in [0, 0.05) is 56.8 Å². The Kier molecular flexibility index (Phi) is 10.8. The highest BCUT2D eigenvalue weighted by Gasteiger charge is 2.33. The zero-order chi connectivity index (χ0) is 29.6. The number of aliphatic hydroxyl groups excluding tert-OH is 1. The number of thiophene rings is 1. The Morgan fingerprint density at radius 2 is 2.02 bits per heavy atom. The molecule has 1 saturated heterocycles. The monoisotopic (exact) mass is 608 g/mol. The summed E-state index contributed by atoms with van der Waals surface area (Å²) in [6.45, 7) is 7.42. The summed E-state index contributed by atoms with van der Waals surface area (Å²) >= 11 is 1.15. The number of morpholine rings is 1. The molecule has 2 aliphatic heterocycles. The highest BCUT2D eigenvalue weighted by atomic mass is 32.2. The molecule has 2 aliphatic rings. The lowest BCUT2D eigenvalue weighted by molar-refractivity contribution is -0.134. The number of aliphatic hydroxyl groups is 1. The number of rotatable bonds is 10. The van der Waals surface area contributed by atoms with Crippen LogP contribution in [0.2, 0.25) is 0 Å². The van der Waals surface area contributed by atoms with E-state index in [1.54, 1.807) is 47.5 Å². The molecule has 1 aromatic heterocycles. The Hall–Kier alpha value is -2.55. The minimum atomic E-state index is -3.71. The number of carbonyl (C=O) groups is 2. The Morgan fingerprint density at radius 3 is 2.71 bits per heavy atom. The lowest BCUT2D eigenvalue weighted by Crippen LogP contribution is -2.48. The number of anilines is 1. The van der Waals surface area contributed by atoms with Gasteiger partial charge in [-0.25, -0.2) is 8.42 Å². The van der Waals surface area contributed by atoms with Crippen molar-refractivity contribution < 1.29 is 32.6 Å². The standard InChI is InChI=1S/C28H40N4O7S2/c1-20-17-32(21(2)19-33)27(35)16-22-15-23(29-26(34)8-9-31-10-12-38-13-11-31)6-7-24(22)39-25(20)18-30(3)41(36,37)28-5-4-14-40-28/h4-7,14-15,20-21,25,33H,8-13,16-19H2,1-3H3,(H,29,34)/t20-,21+,25+/m0/s1. The largest absolute Gasteiger partial charge is 0.488 e. The van der Waals surface area contributed by atoms with E-state index in [2.05, 4.69) is 10.2 Å². The van der Waals surface area contributed by atoms with Crippen molar-refractivity contribution >= 4 is 38.9 Å². The van der Waals surface area contributed by atoms with Crippen LogP contribution in [0.25, 0.3) is 0 Å². The van der Waals surface area contributed by atoms with Gasteiger partial charge in [-0.2, -0.15) is 4.31 Å². The quantitative estimate of drug-likeness (QED) is 0.419. The summed E-state index contributed by atoms with van der Waals surface area (Å²) in [7, 11) is -2.19. The van der Waals surface area contributed by atoms with Gasteiger partial charge in [-0.3, -0.25) is 14.5 Å². The van der Waals surface area contributed by atoms with E-state index >= 15 is 0 Å². The lowest BCUT2D eigenvalue weighted by atomic mass is 10.0. The Morgan fingerprint density at radius 1 is 1.27 bits per heavy atom. The zero-order valence-electron chi connectivity index (χ0n) is 23.8. The molecular weight excluding hydrogens is 568 g/mol. The number of ether oxygens (including phenoxy) is 2. The molecule has 11 nitrogen and oxygen atoms in total. The number of nitrogens with zero attached hydrogens (tertiary/aromatic N) is 3. The molecule has 1 aromatic carbocycles. The smallest absolute Gasteiger partial charge is 0.252 e. The fourth-order valence-corrected chi connectivity index (χ4v) is 7.33. The number of carbonyl (C=O) groups excluding carboxylic acids is 2. The van der Waals surface area contributed by atoms with Gasteiger partial charge in [0.2, 0.25) is 11.8 Å². The van der Waals surface area contributed by atoms with Crippen LogP contribution in [0.5, 0.6) is 5.75 Å². The third kappa shape index (κ3) is 8.05. The first-order valence-electron chi connectivity index (χ1n) is 13.9. The molecule has 0 saturated carbocycles. The van der Waals surface area contributed by atoms with E-state index in [-0.39, 0.29) is 48.1 Å². The topological polar surface area (TPSA) is 129 Å². The molecule has 0 unspecified atom stereocenters. The van der Waals surface area contributed by atoms with Gasteiger partial charge in [0.25, 0.3) is 10.0 Å². The van der Waals surface area contributed by atoms with Gasteiger partial charge in [0.05, 0.1) is 38.8 Å². The summed E-state index contributed by atoms with van der Waals surface area (Å²) in [6, 6.07) is 8.02. The Labute approximate surface area is 246 Å². The van der Waals surface area contributed by atoms with Crippen LogP contribution >= 0.6 is 11.3 Å². The summed E-state index contributed by atoms with van der Waals surface area (Å²) in [4.78, 5) is 29.9. The van der Waals surface area contributed by atoms with E-state index in [4.69, 9.17) is 9.47 Å². The van der Waals surface area contributed by atoms with Crippen LogP contribution in [0.3, 0.4) is 0 Å². The molecule has 4 rings (SSSR count). The van der Waals surface area contributed by atoms with Crippen molar-refractivity contribution in [3.63, 3.8) is 0 Å². The van der Waals surface area contributed by atoms with Crippen molar-refractivity contribution in [2.24, 2.45) is 5.92 Å². The van der Waals surface area contributed by atoms with Crippen molar-refractivity contribution in [2.45, 2.75) is 43.0 Å². The number of sulfonamides is 1.